The third-order valence-electron chi connectivity index (χ3n) is 4.87. The Labute approximate surface area is 169 Å². The summed E-state index contributed by atoms with van der Waals surface area (Å²) in [5.41, 5.74) is 4.03. The minimum absolute atomic E-state index is 0.0537. The standard InChI is InChI=1S/C19H21ClN4O3S/c1-2-8-24-18-7-9-23(10-16(18)19(22-24)17-11-27-13-21-17)28(25,26)12-14-3-5-15(20)6-4-14/h3-6,11,13H,2,7-10,12H2,1H3. The highest BCUT2D eigenvalue weighted by atomic mass is 35.5. The van der Waals surface area contributed by atoms with Crippen LogP contribution in [0.5, 0.6) is 0 Å². The molecule has 3 heterocycles. The van der Waals surface area contributed by atoms with Gasteiger partial charge in [0.1, 0.15) is 17.7 Å². The first-order chi connectivity index (χ1) is 13.5. The molecule has 148 valence electrons. The summed E-state index contributed by atoms with van der Waals surface area (Å²) in [6.45, 7) is 3.61. The molecule has 0 fully saturated rings. The molecule has 0 radical (unpaired) electrons. The van der Waals surface area contributed by atoms with Crippen molar-refractivity contribution in [3.8, 4) is 11.4 Å². The molecule has 0 atom stereocenters. The Morgan fingerprint density at radius 3 is 2.71 bits per heavy atom. The first-order valence-corrected chi connectivity index (χ1v) is 11.2. The van der Waals surface area contributed by atoms with Gasteiger partial charge in [0.2, 0.25) is 10.0 Å². The van der Waals surface area contributed by atoms with Crippen molar-refractivity contribution in [1.82, 2.24) is 19.1 Å². The van der Waals surface area contributed by atoms with Crippen LogP contribution in [0.4, 0.5) is 0 Å². The van der Waals surface area contributed by atoms with Crippen molar-refractivity contribution in [1.29, 1.82) is 0 Å². The van der Waals surface area contributed by atoms with E-state index in [9.17, 15) is 8.42 Å². The number of benzene rings is 1. The lowest BCUT2D eigenvalue weighted by atomic mass is 10.1. The number of oxazole rings is 1. The molecule has 9 heteroatoms. The SMILES string of the molecule is CCCn1nc(-c2cocn2)c2c1CCN(S(=O)(=O)Cc1ccc(Cl)cc1)C2. The van der Waals surface area contributed by atoms with E-state index in [1.165, 1.54) is 10.7 Å². The topological polar surface area (TPSA) is 81.2 Å². The summed E-state index contributed by atoms with van der Waals surface area (Å²) in [5.74, 6) is -0.0537. The monoisotopic (exact) mass is 420 g/mol. The van der Waals surface area contributed by atoms with E-state index in [0.717, 1.165) is 24.2 Å². The number of aromatic nitrogens is 3. The summed E-state index contributed by atoms with van der Waals surface area (Å²) in [7, 11) is -3.47. The van der Waals surface area contributed by atoms with E-state index in [0.29, 0.717) is 34.9 Å². The first kappa shape index (κ1) is 19.2. The fourth-order valence-electron chi connectivity index (χ4n) is 3.52. The molecule has 0 saturated heterocycles. The van der Waals surface area contributed by atoms with E-state index < -0.39 is 10.0 Å². The van der Waals surface area contributed by atoms with Crippen LogP contribution in [0.3, 0.4) is 0 Å². The van der Waals surface area contributed by atoms with Gasteiger partial charge in [-0.2, -0.15) is 9.40 Å². The molecule has 7 nitrogen and oxygen atoms in total. The highest BCUT2D eigenvalue weighted by Crippen LogP contribution is 2.31. The zero-order valence-corrected chi connectivity index (χ0v) is 17.1. The van der Waals surface area contributed by atoms with E-state index in [4.69, 9.17) is 21.1 Å². The lowest BCUT2D eigenvalue weighted by molar-refractivity contribution is 0.382. The van der Waals surface area contributed by atoms with Gasteiger partial charge in [-0.05, 0) is 24.1 Å². The van der Waals surface area contributed by atoms with E-state index in [-0.39, 0.29) is 12.3 Å². The van der Waals surface area contributed by atoms with Crippen LogP contribution in [0, 0.1) is 0 Å². The molecule has 0 spiro atoms. The average Bonchev–Trinajstić information content (AvgIpc) is 3.32. The predicted molar refractivity (Wildman–Crippen MR) is 106 cm³/mol. The third-order valence-corrected chi connectivity index (χ3v) is 6.91. The Kier molecular flexibility index (Phi) is 5.27. The lowest BCUT2D eigenvalue weighted by Gasteiger charge is -2.27. The van der Waals surface area contributed by atoms with Crippen LogP contribution in [0.1, 0.15) is 30.2 Å². The molecule has 0 aliphatic carbocycles. The van der Waals surface area contributed by atoms with Crippen LogP contribution in [0.15, 0.2) is 41.3 Å². The molecule has 4 rings (SSSR count). The zero-order valence-electron chi connectivity index (χ0n) is 15.5. The van der Waals surface area contributed by atoms with E-state index in [2.05, 4.69) is 11.9 Å². The summed E-state index contributed by atoms with van der Waals surface area (Å²) in [5, 5.41) is 5.28. The minimum Gasteiger partial charge on any atom is -0.451 e. The average molecular weight is 421 g/mol. The lowest BCUT2D eigenvalue weighted by Crippen LogP contribution is -2.37. The summed E-state index contributed by atoms with van der Waals surface area (Å²) in [6, 6.07) is 6.90. The molecule has 0 unspecified atom stereocenters. The molecular weight excluding hydrogens is 400 g/mol. The first-order valence-electron chi connectivity index (χ1n) is 9.17. The smallest absolute Gasteiger partial charge is 0.218 e. The van der Waals surface area contributed by atoms with Crippen molar-refractivity contribution in [3.05, 3.63) is 58.8 Å². The van der Waals surface area contributed by atoms with Crippen molar-refractivity contribution in [2.45, 2.75) is 38.6 Å². The summed E-state index contributed by atoms with van der Waals surface area (Å²) in [4.78, 5) is 4.21. The quantitative estimate of drug-likeness (QED) is 0.609. The van der Waals surface area contributed by atoms with Gasteiger partial charge in [0.25, 0.3) is 0 Å². The highest BCUT2D eigenvalue weighted by Gasteiger charge is 2.32. The van der Waals surface area contributed by atoms with Gasteiger partial charge < -0.3 is 4.42 Å². The molecule has 0 amide bonds. The van der Waals surface area contributed by atoms with Gasteiger partial charge in [-0.25, -0.2) is 13.4 Å². The van der Waals surface area contributed by atoms with Gasteiger partial charge >= 0.3 is 0 Å². The molecule has 28 heavy (non-hydrogen) atoms. The van der Waals surface area contributed by atoms with Gasteiger partial charge in [0.05, 0.1) is 5.75 Å². The van der Waals surface area contributed by atoms with Crippen molar-refractivity contribution >= 4 is 21.6 Å². The van der Waals surface area contributed by atoms with E-state index >= 15 is 0 Å². The van der Waals surface area contributed by atoms with Crippen LogP contribution in [0.2, 0.25) is 5.02 Å². The fourth-order valence-corrected chi connectivity index (χ4v) is 5.14. The van der Waals surface area contributed by atoms with Gasteiger partial charge in [-0.3, -0.25) is 4.68 Å². The van der Waals surface area contributed by atoms with Crippen LogP contribution < -0.4 is 0 Å². The van der Waals surface area contributed by atoms with Gasteiger partial charge in [-0.15, -0.1) is 0 Å². The van der Waals surface area contributed by atoms with E-state index in [1.54, 1.807) is 30.5 Å². The second-order valence-corrected chi connectivity index (χ2v) is 9.24. The van der Waals surface area contributed by atoms with Crippen LogP contribution >= 0.6 is 11.6 Å². The molecule has 1 aliphatic heterocycles. The molecule has 0 bridgehead atoms. The van der Waals surface area contributed by atoms with Crippen molar-refractivity contribution in [2.24, 2.45) is 0 Å². The minimum atomic E-state index is -3.47. The summed E-state index contributed by atoms with van der Waals surface area (Å²) >= 11 is 5.90. The van der Waals surface area contributed by atoms with Crippen molar-refractivity contribution in [3.63, 3.8) is 0 Å². The Hall–Kier alpha value is -2.16. The summed E-state index contributed by atoms with van der Waals surface area (Å²) in [6.07, 6.45) is 4.48. The number of hydrogen-bond acceptors (Lipinski definition) is 5. The fraction of sp³-hybridized carbons (Fsp3) is 0.368. The maximum Gasteiger partial charge on any atom is 0.218 e. The normalized spacial score (nSPS) is 14.9. The second-order valence-electron chi connectivity index (χ2n) is 6.84. The van der Waals surface area contributed by atoms with Gasteiger partial charge in [-0.1, -0.05) is 30.7 Å². The molecule has 2 aromatic heterocycles. The largest absolute Gasteiger partial charge is 0.451 e. The second kappa shape index (κ2) is 7.69. The summed E-state index contributed by atoms with van der Waals surface area (Å²) < 4.78 is 34.6. The number of halogens is 1. The maximum absolute atomic E-state index is 13.0. The number of fused-ring (bicyclic) bond motifs is 1. The molecule has 3 aromatic rings. The number of sulfonamides is 1. The zero-order chi connectivity index (χ0) is 19.7. The molecule has 0 N–H and O–H groups in total. The number of rotatable bonds is 6. The molecule has 0 saturated carbocycles. The predicted octanol–water partition coefficient (Wildman–Crippen LogP) is 3.49. The number of aryl methyl sites for hydroxylation is 1. The number of hydrogen-bond donors (Lipinski definition) is 0. The Balaban J connectivity index is 1.64. The Bertz CT molecular complexity index is 1060. The van der Waals surface area contributed by atoms with E-state index in [1.807, 2.05) is 4.68 Å². The molecular formula is C19H21ClN4O3S. The number of nitrogens with zero attached hydrogens (tertiary/aromatic N) is 4. The molecule has 1 aliphatic rings. The van der Waals surface area contributed by atoms with Crippen molar-refractivity contribution < 1.29 is 12.8 Å². The van der Waals surface area contributed by atoms with Gasteiger partial charge in [0.15, 0.2) is 6.39 Å². The molecule has 1 aromatic carbocycles. The Morgan fingerprint density at radius 1 is 1.25 bits per heavy atom. The highest BCUT2D eigenvalue weighted by molar-refractivity contribution is 7.88. The van der Waals surface area contributed by atoms with Crippen LogP contribution in [0.25, 0.3) is 11.4 Å². The van der Waals surface area contributed by atoms with Crippen LogP contribution in [-0.4, -0.2) is 34.0 Å². The van der Waals surface area contributed by atoms with Crippen molar-refractivity contribution in [2.75, 3.05) is 6.54 Å². The maximum atomic E-state index is 13.0. The van der Waals surface area contributed by atoms with Crippen LogP contribution in [-0.2, 0) is 35.3 Å². The third kappa shape index (κ3) is 3.72. The Morgan fingerprint density at radius 2 is 2.04 bits per heavy atom. The van der Waals surface area contributed by atoms with Gasteiger partial charge in [0, 0.05) is 42.3 Å².